The van der Waals surface area contributed by atoms with Crippen LogP contribution in [0.1, 0.15) is 15.9 Å². The van der Waals surface area contributed by atoms with Crippen molar-refractivity contribution in [2.45, 2.75) is 0 Å². The van der Waals surface area contributed by atoms with Crippen molar-refractivity contribution in [3.05, 3.63) is 72.3 Å². The molecule has 0 radical (unpaired) electrons. The SMILES string of the molecule is C=CCNC(=O)c1ccccc1NC(=S)NC(=O)C=Cc1ccc(OC)c(OC)c1. The molecule has 0 aliphatic carbocycles. The average Bonchev–Trinajstić information content (AvgIpc) is 2.76. The minimum atomic E-state index is -0.420. The second kappa shape index (κ2) is 11.4. The number of thiocarbonyl (C=S) groups is 1. The first-order valence-corrected chi connectivity index (χ1v) is 9.39. The molecule has 2 amide bonds. The van der Waals surface area contributed by atoms with E-state index in [1.165, 1.54) is 13.2 Å². The molecule has 156 valence electrons. The van der Waals surface area contributed by atoms with Gasteiger partial charge in [0.1, 0.15) is 0 Å². The molecule has 30 heavy (non-hydrogen) atoms. The monoisotopic (exact) mass is 425 g/mol. The van der Waals surface area contributed by atoms with Crippen molar-refractivity contribution in [2.24, 2.45) is 0 Å². The van der Waals surface area contributed by atoms with Gasteiger partial charge in [-0.25, -0.2) is 0 Å². The molecular formula is C22H23N3O4S. The van der Waals surface area contributed by atoms with Gasteiger partial charge in [-0.2, -0.15) is 0 Å². The molecule has 3 N–H and O–H groups in total. The largest absolute Gasteiger partial charge is 0.493 e. The molecule has 0 heterocycles. The lowest BCUT2D eigenvalue weighted by molar-refractivity contribution is -0.115. The number of ether oxygens (including phenoxy) is 2. The van der Waals surface area contributed by atoms with Gasteiger partial charge in [-0.15, -0.1) is 6.58 Å². The summed E-state index contributed by atoms with van der Waals surface area (Å²) in [5, 5.41) is 8.19. The Morgan fingerprint density at radius 3 is 2.53 bits per heavy atom. The Morgan fingerprint density at radius 2 is 1.83 bits per heavy atom. The van der Waals surface area contributed by atoms with Crippen LogP contribution < -0.4 is 25.4 Å². The number of benzene rings is 2. The molecule has 7 nitrogen and oxygen atoms in total. The van der Waals surface area contributed by atoms with E-state index in [1.807, 2.05) is 0 Å². The maximum Gasteiger partial charge on any atom is 0.253 e. The Morgan fingerprint density at radius 1 is 1.10 bits per heavy atom. The molecule has 0 fully saturated rings. The van der Waals surface area contributed by atoms with Crippen molar-refractivity contribution in [3.8, 4) is 11.5 Å². The number of carbonyl (C=O) groups excluding carboxylic acids is 2. The molecule has 0 saturated carbocycles. The first-order valence-electron chi connectivity index (χ1n) is 8.98. The predicted octanol–water partition coefficient (Wildman–Crippen LogP) is 3.15. The lowest BCUT2D eigenvalue weighted by atomic mass is 10.1. The number of nitrogens with one attached hydrogen (secondary N) is 3. The fourth-order valence-electron chi connectivity index (χ4n) is 2.49. The van der Waals surface area contributed by atoms with Gasteiger partial charge in [0.2, 0.25) is 5.91 Å². The fraction of sp³-hybridized carbons (Fsp3) is 0.136. The second-order valence-corrected chi connectivity index (χ2v) is 6.34. The molecule has 8 heteroatoms. The zero-order chi connectivity index (χ0) is 21.9. The van der Waals surface area contributed by atoms with Crippen LogP contribution >= 0.6 is 12.2 Å². The van der Waals surface area contributed by atoms with E-state index in [4.69, 9.17) is 21.7 Å². The van der Waals surface area contributed by atoms with E-state index in [-0.39, 0.29) is 11.0 Å². The highest BCUT2D eigenvalue weighted by Gasteiger charge is 2.11. The van der Waals surface area contributed by atoms with Crippen LogP contribution in [-0.2, 0) is 4.79 Å². The number of methoxy groups -OCH3 is 2. The first-order chi connectivity index (χ1) is 14.5. The van der Waals surface area contributed by atoms with E-state index >= 15 is 0 Å². The van der Waals surface area contributed by atoms with Gasteiger partial charge in [0.15, 0.2) is 16.6 Å². The third-order valence-electron chi connectivity index (χ3n) is 3.90. The summed E-state index contributed by atoms with van der Waals surface area (Å²) in [4.78, 5) is 24.4. The Kier molecular flexibility index (Phi) is 8.58. The number of hydrogen-bond donors (Lipinski definition) is 3. The number of amides is 2. The Bertz CT molecular complexity index is 973. The first kappa shape index (κ1) is 22.6. The van der Waals surface area contributed by atoms with E-state index in [1.54, 1.807) is 61.7 Å². The van der Waals surface area contributed by atoms with Gasteiger partial charge >= 0.3 is 0 Å². The number of rotatable bonds is 8. The summed E-state index contributed by atoms with van der Waals surface area (Å²) in [7, 11) is 3.09. The van der Waals surface area contributed by atoms with E-state index in [2.05, 4.69) is 22.5 Å². The summed E-state index contributed by atoms with van der Waals surface area (Å²) < 4.78 is 10.4. The third kappa shape index (κ3) is 6.46. The van der Waals surface area contributed by atoms with Crippen LogP contribution in [0.25, 0.3) is 6.08 Å². The molecule has 0 spiro atoms. The maximum absolute atomic E-state index is 12.2. The molecule has 0 bridgehead atoms. The molecule has 0 saturated heterocycles. The summed E-state index contributed by atoms with van der Waals surface area (Å²) in [6, 6.07) is 12.1. The normalized spacial score (nSPS) is 10.2. The van der Waals surface area contributed by atoms with Crippen LogP contribution in [0, 0.1) is 0 Å². The minimum Gasteiger partial charge on any atom is -0.493 e. The van der Waals surface area contributed by atoms with Crippen molar-refractivity contribution in [2.75, 3.05) is 26.1 Å². The fourth-order valence-corrected chi connectivity index (χ4v) is 2.70. The molecule has 0 aromatic heterocycles. The molecule has 0 aliphatic rings. The van der Waals surface area contributed by atoms with Gasteiger partial charge in [-0.05, 0) is 48.1 Å². The van der Waals surface area contributed by atoms with Gasteiger partial charge in [0.25, 0.3) is 5.91 Å². The number of hydrogen-bond acceptors (Lipinski definition) is 5. The van der Waals surface area contributed by atoms with Crippen LogP contribution in [0.4, 0.5) is 5.69 Å². The third-order valence-corrected chi connectivity index (χ3v) is 4.10. The number of carbonyl (C=O) groups is 2. The van der Waals surface area contributed by atoms with Gasteiger partial charge in [-0.3, -0.25) is 14.9 Å². The minimum absolute atomic E-state index is 0.0703. The molecule has 0 atom stereocenters. The predicted molar refractivity (Wildman–Crippen MR) is 122 cm³/mol. The zero-order valence-corrected chi connectivity index (χ0v) is 17.5. The van der Waals surface area contributed by atoms with Crippen LogP contribution in [0.5, 0.6) is 11.5 Å². The van der Waals surface area contributed by atoms with Crippen molar-refractivity contribution < 1.29 is 19.1 Å². The molecular weight excluding hydrogens is 402 g/mol. The number of para-hydroxylation sites is 1. The van der Waals surface area contributed by atoms with Gasteiger partial charge < -0.3 is 20.1 Å². The quantitative estimate of drug-likeness (QED) is 0.342. The van der Waals surface area contributed by atoms with E-state index in [9.17, 15) is 9.59 Å². The highest BCUT2D eigenvalue weighted by atomic mass is 32.1. The standard InChI is InChI=1S/C22H23N3O4S/c1-4-13-23-21(27)16-7-5-6-8-17(16)24-22(30)25-20(26)12-10-15-9-11-18(28-2)19(14-15)29-3/h4-12,14H,1,13H2,2-3H3,(H,23,27)(H2,24,25,26,30). The van der Waals surface area contributed by atoms with Crippen LogP contribution in [0.2, 0.25) is 0 Å². The Hall–Kier alpha value is -3.65. The summed E-state index contributed by atoms with van der Waals surface area (Å²) in [5.41, 5.74) is 1.64. The molecule has 0 aliphatic heterocycles. The van der Waals surface area contributed by atoms with Crippen LogP contribution in [0.3, 0.4) is 0 Å². The second-order valence-electron chi connectivity index (χ2n) is 5.94. The van der Waals surface area contributed by atoms with Gasteiger partial charge in [-0.1, -0.05) is 24.3 Å². The highest BCUT2D eigenvalue weighted by molar-refractivity contribution is 7.80. The van der Waals surface area contributed by atoms with E-state index < -0.39 is 5.91 Å². The van der Waals surface area contributed by atoms with Crippen LogP contribution in [0.15, 0.2) is 61.2 Å². The maximum atomic E-state index is 12.2. The van der Waals surface area contributed by atoms with Gasteiger partial charge in [0, 0.05) is 12.6 Å². The van der Waals surface area contributed by atoms with E-state index in [0.29, 0.717) is 29.3 Å². The summed E-state index contributed by atoms with van der Waals surface area (Å²) in [6.45, 7) is 3.91. The van der Waals surface area contributed by atoms with Crippen molar-refractivity contribution in [1.29, 1.82) is 0 Å². The van der Waals surface area contributed by atoms with Gasteiger partial charge in [0.05, 0.1) is 25.5 Å². The van der Waals surface area contributed by atoms with Crippen LogP contribution in [-0.4, -0.2) is 37.7 Å². The summed E-state index contributed by atoms with van der Waals surface area (Å²) >= 11 is 5.19. The Labute approximate surface area is 180 Å². The molecule has 2 aromatic rings. The lowest BCUT2D eigenvalue weighted by Gasteiger charge is -2.12. The summed E-state index contributed by atoms with van der Waals surface area (Å²) in [6.07, 6.45) is 4.55. The smallest absolute Gasteiger partial charge is 0.253 e. The Balaban J connectivity index is 2.00. The molecule has 0 unspecified atom stereocenters. The lowest BCUT2D eigenvalue weighted by Crippen LogP contribution is -2.34. The van der Waals surface area contributed by atoms with Crippen molar-refractivity contribution in [1.82, 2.24) is 10.6 Å². The summed E-state index contributed by atoms with van der Waals surface area (Å²) in [5.74, 6) is 0.459. The highest BCUT2D eigenvalue weighted by Crippen LogP contribution is 2.27. The topological polar surface area (TPSA) is 88.7 Å². The molecule has 2 rings (SSSR count). The van der Waals surface area contributed by atoms with Crippen molar-refractivity contribution in [3.63, 3.8) is 0 Å². The van der Waals surface area contributed by atoms with Crippen molar-refractivity contribution >= 4 is 40.9 Å². The molecule has 2 aromatic carbocycles. The average molecular weight is 426 g/mol. The van der Waals surface area contributed by atoms with E-state index in [0.717, 1.165) is 5.56 Å². The zero-order valence-electron chi connectivity index (χ0n) is 16.7. The number of anilines is 1.